The number of aromatic nitrogens is 3. The summed E-state index contributed by atoms with van der Waals surface area (Å²) in [6, 6.07) is 9.58. The topological polar surface area (TPSA) is 89.5 Å². The number of rotatable bonds is 5. The summed E-state index contributed by atoms with van der Waals surface area (Å²) < 4.78 is 11.1. The maximum atomic E-state index is 12.3. The van der Waals surface area contributed by atoms with Gasteiger partial charge in [0.1, 0.15) is 11.4 Å². The second-order valence-corrected chi connectivity index (χ2v) is 9.60. The molecule has 1 aliphatic rings. The van der Waals surface area contributed by atoms with Crippen molar-refractivity contribution in [1.82, 2.24) is 19.9 Å². The van der Waals surface area contributed by atoms with Crippen molar-refractivity contribution in [2.45, 2.75) is 45.3 Å². The van der Waals surface area contributed by atoms with Gasteiger partial charge in [0.15, 0.2) is 0 Å². The van der Waals surface area contributed by atoms with E-state index in [0.29, 0.717) is 23.9 Å². The number of carbonyl (C=O) groups excluding carboxylic acids is 1. The number of pyridine rings is 1. The minimum absolute atomic E-state index is 0.241. The van der Waals surface area contributed by atoms with E-state index >= 15 is 0 Å². The Balaban J connectivity index is 1.34. The average molecular weight is 482 g/mol. The Morgan fingerprint density at radius 2 is 1.79 bits per heavy atom. The molecule has 0 bridgehead atoms. The lowest BCUT2D eigenvalue weighted by Crippen LogP contribution is -2.44. The zero-order valence-electron chi connectivity index (χ0n) is 19.5. The second-order valence-electron chi connectivity index (χ2n) is 9.16. The van der Waals surface area contributed by atoms with Gasteiger partial charge in [-0.3, -0.25) is 4.98 Å². The largest absolute Gasteiger partial charge is 0.444 e. The number of benzene rings is 1. The first-order chi connectivity index (χ1) is 16.2. The molecule has 1 N–H and O–H groups in total. The van der Waals surface area contributed by atoms with E-state index in [9.17, 15) is 4.79 Å². The van der Waals surface area contributed by atoms with E-state index < -0.39 is 5.60 Å². The molecule has 1 saturated heterocycles. The number of anilines is 1. The third kappa shape index (κ3) is 6.57. The maximum Gasteiger partial charge on any atom is 0.410 e. The van der Waals surface area contributed by atoms with Crippen molar-refractivity contribution in [3.63, 3.8) is 0 Å². The van der Waals surface area contributed by atoms with E-state index in [0.717, 1.165) is 29.7 Å². The zero-order valence-corrected chi connectivity index (χ0v) is 20.2. The molecular formula is C25H28ClN5O3. The van der Waals surface area contributed by atoms with Crippen LogP contribution in [-0.4, -0.2) is 50.7 Å². The lowest BCUT2D eigenvalue weighted by molar-refractivity contribution is 0.0210. The van der Waals surface area contributed by atoms with Gasteiger partial charge in [-0.05, 0) is 57.9 Å². The van der Waals surface area contributed by atoms with Gasteiger partial charge in [-0.2, -0.15) is 0 Å². The molecule has 1 fully saturated rings. The van der Waals surface area contributed by atoms with Crippen LogP contribution >= 0.6 is 11.6 Å². The van der Waals surface area contributed by atoms with Crippen LogP contribution < -0.4 is 10.1 Å². The van der Waals surface area contributed by atoms with Crippen LogP contribution in [0.25, 0.3) is 11.1 Å². The van der Waals surface area contributed by atoms with E-state index in [2.05, 4.69) is 20.3 Å². The van der Waals surface area contributed by atoms with E-state index in [-0.39, 0.29) is 18.1 Å². The monoisotopic (exact) mass is 481 g/mol. The van der Waals surface area contributed by atoms with Crippen LogP contribution in [0.1, 0.15) is 33.6 Å². The van der Waals surface area contributed by atoms with Crippen molar-refractivity contribution < 1.29 is 14.3 Å². The fraction of sp³-hybridized carbons (Fsp3) is 0.360. The SMILES string of the molecule is CC(C)(C)OC(=O)N1CCC(Nc2cncc(-c3cnc(Oc4cccc(Cl)c4)nc3)c2)CC1. The molecule has 3 heterocycles. The molecule has 3 aromatic rings. The minimum atomic E-state index is -0.485. The lowest BCUT2D eigenvalue weighted by Gasteiger charge is -2.34. The number of ether oxygens (including phenoxy) is 2. The predicted octanol–water partition coefficient (Wildman–Crippen LogP) is 5.80. The Bertz CT molecular complexity index is 1130. The number of hydrogen-bond donors (Lipinski definition) is 1. The van der Waals surface area contributed by atoms with E-state index in [1.165, 1.54) is 0 Å². The Hall–Kier alpha value is -3.39. The van der Waals surface area contributed by atoms with Gasteiger partial charge >= 0.3 is 12.1 Å². The number of halogens is 1. The molecule has 8 nitrogen and oxygen atoms in total. The van der Waals surface area contributed by atoms with Gasteiger partial charge in [-0.1, -0.05) is 17.7 Å². The highest BCUT2D eigenvalue weighted by Gasteiger charge is 2.26. The number of carbonyl (C=O) groups is 1. The van der Waals surface area contributed by atoms with Crippen LogP contribution in [0.2, 0.25) is 5.02 Å². The molecule has 0 atom stereocenters. The van der Waals surface area contributed by atoms with E-state index in [4.69, 9.17) is 21.1 Å². The molecule has 0 aliphatic carbocycles. The molecule has 9 heteroatoms. The maximum absolute atomic E-state index is 12.3. The second kappa shape index (κ2) is 10.3. The molecule has 4 rings (SSSR count). The van der Waals surface area contributed by atoms with Crippen LogP contribution in [-0.2, 0) is 4.74 Å². The fourth-order valence-electron chi connectivity index (χ4n) is 3.60. The molecular weight excluding hydrogens is 454 g/mol. The summed E-state index contributed by atoms with van der Waals surface area (Å²) in [7, 11) is 0. The molecule has 0 unspecified atom stereocenters. The fourth-order valence-corrected chi connectivity index (χ4v) is 3.78. The third-order valence-corrected chi connectivity index (χ3v) is 5.46. The summed E-state index contributed by atoms with van der Waals surface area (Å²) in [5, 5.41) is 4.11. The summed E-state index contributed by atoms with van der Waals surface area (Å²) >= 11 is 5.99. The van der Waals surface area contributed by atoms with Crippen LogP contribution in [0.5, 0.6) is 11.8 Å². The normalized spacial score (nSPS) is 14.5. The Morgan fingerprint density at radius 3 is 2.47 bits per heavy atom. The highest BCUT2D eigenvalue weighted by atomic mass is 35.5. The van der Waals surface area contributed by atoms with Gasteiger partial charge in [0, 0.05) is 60.1 Å². The van der Waals surface area contributed by atoms with Crippen LogP contribution in [0.15, 0.2) is 55.1 Å². The molecule has 2 aromatic heterocycles. The number of likely N-dealkylation sites (tertiary alicyclic amines) is 1. The molecule has 34 heavy (non-hydrogen) atoms. The van der Waals surface area contributed by atoms with E-state index in [1.807, 2.05) is 26.8 Å². The highest BCUT2D eigenvalue weighted by Crippen LogP contribution is 2.25. The first-order valence-electron chi connectivity index (χ1n) is 11.2. The van der Waals surface area contributed by atoms with Gasteiger partial charge in [-0.15, -0.1) is 0 Å². The van der Waals surface area contributed by atoms with E-state index in [1.54, 1.807) is 54.0 Å². The molecule has 1 aliphatic heterocycles. The molecule has 1 aromatic carbocycles. The molecule has 0 radical (unpaired) electrons. The van der Waals surface area contributed by atoms with Crippen LogP contribution in [0.4, 0.5) is 10.5 Å². The summed E-state index contributed by atoms with van der Waals surface area (Å²) in [6.07, 6.45) is 8.38. The average Bonchev–Trinajstić information content (AvgIpc) is 2.79. The van der Waals surface area contributed by atoms with Crippen molar-refractivity contribution in [1.29, 1.82) is 0 Å². The van der Waals surface area contributed by atoms with Crippen LogP contribution in [0, 0.1) is 0 Å². The summed E-state index contributed by atoms with van der Waals surface area (Å²) in [5.74, 6) is 0.575. The van der Waals surface area contributed by atoms with Crippen molar-refractivity contribution in [3.8, 4) is 22.9 Å². The van der Waals surface area contributed by atoms with Crippen molar-refractivity contribution in [2.24, 2.45) is 0 Å². The van der Waals surface area contributed by atoms with Crippen LogP contribution in [0.3, 0.4) is 0 Å². The van der Waals surface area contributed by atoms with Crippen molar-refractivity contribution in [2.75, 3.05) is 18.4 Å². The number of hydrogen-bond acceptors (Lipinski definition) is 7. The predicted molar refractivity (Wildman–Crippen MR) is 131 cm³/mol. The number of amides is 1. The quantitative estimate of drug-likeness (QED) is 0.492. The van der Waals surface area contributed by atoms with Crippen molar-refractivity contribution >= 4 is 23.4 Å². The zero-order chi connectivity index (χ0) is 24.1. The minimum Gasteiger partial charge on any atom is -0.444 e. The van der Waals surface area contributed by atoms with Crippen molar-refractivity contribution in [3.05, 3.63) is 60.1 Å². The number of nitrogens with one attached hydrogen (secondary N) is 1. The van der Waals surface area contributed by atoms with Gasteiger partial charge in [0.25, 0.3) is 0 Å². The Morgan fingerprint density at radius 1 is 1.06 bits per heavy atom. The molecule has 1 amide bonds. The highest BCUT2D eigenvalue weighted by molar-refractivity contribution is 6.30. The van der Waals surface area contributed by atoms with Gasteiger partial charge in [-0.25, -0.2) is 14.8 Å². The van der Waals surface area contributed by atoms with Gasteiger partial charge in [0.2, 0.25) is 0 Å². The number of piperidine rings is 1. The molecule has 0 spiro atoms. The standard InChI is InChI=1S/C25H28ClN5O3/c1-25(2,3)34-24(32)31-9-7-20(8-10-31)30-21-11-17(13-27-16-21)18-14-28-23(29-15-18)33-22-6-4-5-19(26)12-22/h4-6,11-16,20,30H,7-10H2,1-3H3. The summed E-state index contributed by atoms with van der Waals surface area (Å²) in [6.45, 7) is 6.95. The first kappa shape index (κ1) is 23.8. The number of nitrogens with zero attached hydrogens (tertiary/aromatic N) is 4. The van der Waals surface area contributed by atoms with Gasteiger partial charge in [0.05, 0.1) is 5.69 Å². The smallest absolute Gasteiger partial charge is 0.410 e. The Kier molecular flexibility index (Phi) is 7.17. The molecule has 0 saturated carbocycles. The summed E-state index contributed by atoms with van der Waals surface area (Å²) in [5.41, 5.74) is 2.15. The molecule has 178 valence electrons. The lowest BCUT2D eigenvalue weighted by atomic mass is 10.0. The third-order valence-electron chi connectivity index (χ3n) is 5.22. The van der Waals surface area contributed by atoms with Gasteiger partial charge < -0.3 is 19.7 Å². The summed E-state index contributed by atoms with van der Waals surface area (Å²) in [4.78, 5) is 27.0. The first-order valence-corrected chi connectivity index (χ1v) is 11.6. The Labute approximate surface area is 204 Å².